The lowest BCUT2D eigenvalue weighted by Crippen LogP contribution is -2.47. The van der Waals surface area contributed by atoms with E-state index in [1.54, 1.807) is 31.1 Å². The van der Waals surface area contributed by atoms with E-state index in [-0.39, 0.29) is 35.5 Å². The number of amides is 2. The number of imide groups is 1. The van der Waals surface area contributed by atoms with Gasteiger partial charge in [-0.05, 0) is 111 Å². The summed E-state index contributed by atoms with van der Waals surface area (Å²) >= 11 is 6.94. The molecule has 0 radical (unpaired) electrons. The van der Waals surface area contributed by atoms with Crippen LogP contribution < -0.4 is 20.9 Å². The Bertz CT molecular complexity index is 1990. The molecule has 4 aromatic rings. The van der Waals surface area contributed by atoms with Crippen LogP contribution in [0.3, 0.4) is 0 Å². The highest BCUT2D eigenvalue weighted by Crippen LogP contribution is 2.38. The van der Waals surface area contributed by atoms with Gasteiger partial charge >= 0.3 is 0 Å². The summed E-state index contributed by atoms with van der Waals surface area (Å²) in [5.41, 5.74) is 3.91. The number of likely N-dealkylation sites (tertiary alicyclic amines) is 2. The molecule has 10 nitrogen and oxygen atoms in total. The number of anilines is 1. The van der Waals surface area contributed by atoms with Gasteiger partial charge in [0.15, 0.2) is 0 Å². The number of halogens is 2. The zero-order valence-corrected chi connectivity index (χ0v) is 29.1. The van der Waals surface area contributed by atoms with Crippen LogP contribution in [0.5, 0.6) is 5.75 Å². The first-order valence-corrected chi connectivity index (χ1v) is 17.7. The van der Waals surface area contributed by atoms with Gasteiger partial charge in [0.2, 0.25) is 11.8 Å². The molecule has 1 atom stereocenters. The van der Waals surface area contributed by atoms with E-state index in [1.165, 1.54) is 6.07 Å². The van der Waals surface area contributed by atoms with Gasteiger partial charge in [0.05, 0.1) is 12.5 Å². The largest absolute Gasteiger partial charge is 0.496 e. The molecule has 262 valence electrons. The van der Waals surface area contributed by atoms with Crippen molar-refractivity contribution < 1.29 is 18.7 Å². The van der Waals surface area contributed by atoms with Gasteiger partial charge in [0, 0.05) is 66.5 Å². The van der Waals surface area contributed by atoms with Crippen LogP contribution in [0.25, 0.3) is 21.9 Å². The minimum Gasteiger partial charge on any atom is -0.496 e. The Hall–Kier alpha value is -4.32. The molecular formula is C38H42ClFN6O4. The van der Waals surface area contributed by atoms with Crippen molar-refractivity contribution in [3.05, 3.63) is 87.3 Å². The predicted molar refractivity (Wildman–Crippen MR) is 192 cm³/mol. The molecule has 2 amide bonds. The molecule has 5 heterocycles. The first kappa shape index (κ1) is 34.1. The number of aryl methyl sites for hydroxylation is 1. The number of piperidine rings is 3. The number of nitrogens with zero attached hydrogens (tertiary/aromatic N) is 4. The van der Waals surface area contributed by atoms with Crippen LogP contribution in [-0.2, 0) is 23.2 Å². The Morgan fingerprint density at radius 3 is 2.50 bits per heavy atom. The van der Waals surface area contributed by atoms with E-state index < -0.39 is 6.04 Å². The molecule has 0 spiro atoms. The summed E-state index contributed by atoms with van der Waals surface area (Å²) in [4.78, 5) is 45.4. The van der Waals surface area contributed by atoms with Gasteiger partial charge in [-0.25, -0.2) is 4.39 Å². The molecule has 3 saturated heterocycles. The van der Waals surface area contributed by atoms with Crippen molar-refractivity contribution in [1.29, 1.82) is 0 Å². The van der Waals surface area contributed by atoms with Gasteiger partial charge in [0.1, 0.15) is 17.6 Å². The number of fused-ring (bicyclic) bond motifs is 1. The number of nitrogens with one attached hydrogen (secondary N) is 2. The molecular weight excluding hydrogens is 659 g/mol. The molecule has 2 aromatic heterocycles. The maximum Gasteiger partial charge on any atom is 0.259 e. The summed E-state index contributed by atoms with van der Waals surface area (Å²) in [7, 11) is 3.40. The Balaban J connectivity index is 0.942. The molecule has 3 fully saturated rings. The minimum absolute atomic E-state index is 0.0962. The molecule has 1 unspecified atom stereocenters. The van der Waals surface area contributed by atoms with Crippen molar-refractivity contribution in [3.8, 4) is 16.9 Å². The molecule has 12 heteroatoms. The summed E-state index contributed by atoms with van der Waals surface area (Å²) in [5.74, 6) is -0.0143. The molecule has 50 heavy (non-hydrogen) atoms. The number of rotatable bonds is 8. The fraction of sp³-hybridized carbons (Fsp3) is 0.421. The fourth-order valence-corrected chi connectivity index (χ4v) is 8.14. The molecule has 7 rings (SSSR count). The summed E-state index contributed by atoms with van der Waals surface area (Å²) in [6.45, 7) is 4.44. The standard InChI is InChI=1S/C38H42ClFN6O4/c1-44-21-30(28-7-12-41-20-29(28)38(44)49)24-17-32(39)31(35(18-24)50-2)22-45-13-10-26(11-14-45)46-15-8-23(9-16-46)27-4-3-25(19-33(27)40)42-34-5-6-36(47)43-37(34)48/h3-4,7,12,17-21,23,26,34,42H,5-6,8-11,13-16,22H2,1-2H3,(H,43,47,48). The number of aromatic nitrogens is 2. The Morgan fingerprint density at radius 2 is 1.78 bits per heavy atom. The third kappa shape index (κ3) is 6.99. The maximum atomic E-state index is 15.3. The Morgan fingerprint density at radius 1 is 1.00 bits per heavy atom. The number of hydrogen-bond donors (Lipinski definition) is 2. The Kier molecular flexibility index (Phi) is 9.90. The smallest absolute Gasteiger partial charge is 0.259 e. The first-order valence-electron chi connectivity index (χ1n) is 17.3. The van der Waals surface area contributed by atoms with E-state index in [1.807, 2.05) is 36.5 Å². The maximum absolute atomic E-state index is 15.3. The zero-order chi connectivity index (χ0) is 34.9. The van der Waals surface area contributed by atoms with Crippen LogP contribution in [-0.4, -0.2) is 76.5 Å². The SMILES string of the molecule is COc1cc(-c2cn(C)c(=O)c3cnccc23)cc(Cl)c1CN1CCC(N2CCC(c3ccc(NC4CCC(=O)NC4=O)cc3F)CC2)CC1. The third-order valence-electron chi connectivity index (χ3n) is 10.7. The van der Waals surface area contributed by atoms with Crippen molar-refractivity contribution in [2.45, 2.75) is 63.1 Å². The highest BCUT2D eigenvalue weighted by atomic mass is 35.5. The van der Waals surface area contributed by atoms with Crippen molar-refractivity contribution in [2.75, 3.05) is 38.6 Å². The van der Waals surface area contributed by atoms with Crippen LogP contribution in [0.4, 0.5) is 10.1 Å². The number of ether oxygens (including phenoxy) is 1. The van der Waals surface area contributed by atoms with Crippen molar-refractivity contribution >= 4 is 39.9 Å². The van der Waals surface area contributed by atoms with Gasteiger partial charge < -0.3 is 19.5 Å². The number of carbonyl (C=O) groups excluding carboxylic acids is 2. The molecule has 0 aliphatic carbocycles. The first-order chi connectivity index (χ1) is 24.2. The number of carbonyl (C=O) groups is 2. The lowest BCUT2D eigenvalue weighted by atomic mass is 9.87. The van der Waals surface area contributed by atoms with E-state index in [0.717, 1.165) is 85.3 Å². The number of pyridine rings is 2. The predicted octanol–water partition coefficient (Wildman–Crippen LogP) is 5.46. The van der Waals surface area contributed by atoms with Crippen LogP contribution in [0.15, 0.2) is 59.8 Å². The Labute approximate surface area is 295 Å². The average molecular weight is 701 g/mol. The molecule has 2 aromatic carbocycles. The van der Waals surface area contributed by atoms with Crippen molar-refractivity contribution in [1.82, 2.24) is 24.7 Å². The second-order valence-electron chi connectivity index (χ2n) is 13.7. The van der Waals surface area contributed by atoms with E-state index in [2.05, 4.69) is 25.4 Å². The molecule has 3 aliphatic rings. The van der Waals surface area contributed by atoms with Crippen molar-refractivity contribution in [2.24, 2.45) is 7.05 Å². The van der Waals surface area contributed by atoms with Crippen LogP contribution in [0.2, 0.25) is 5.02 Å². The van der Waals surface area contributed by atoms with E-state index in [4.69, 9.17) is 16.3 Å². The highest BCUT2D eigenvalue weighted by Gasteiger charge is 2.31. The fourth-order valence-electron chi connectivity index (χ4n) is 7.87. The van der Waals surface area contributed by atoms with E-state index in [0.29, 0.717) is 35.1 Å². The molecule has 0 bridgehead atoms. The van der Waals surface area contributed by atoms with Gasteiger partial charge in [-0.3, -0.25) is 29.6 Å². The quantitative estimate of drug-likeness (QED) is 0.233. The molecule has 0 saturated carbocycles. The number of hydrogen-bond acceptors (Lipinski definition) is 8. The van der Waals surface area contributed by atoms with Crippen LogP contribution in [0, 0.1) is 5.82 Å². The van der Waals surface area contributed by atoms with Crippen molar-refractivity contribution in [3.63, 3.8) is 0 Å². The summed E-state index contributed by atoms with van der Waals surface area (Å²) in [5, 5.41) is 7.42. The van der Waals surface area contributed by atoms with Crippen LogP contribution >= 0.6 is 11.6 Å². The topological polar surface area (TPSA) is 109 Å². The van der Waals surface area contributed by atoms with Gasteiger partial charge in [-0.1, -0.05) is 17.7 Å². The summed E-state index contributed by atoms with van der Waals surface area (Å²) < 4.78 is 22.7. The zero-order valence-electron chi connectivity index (χ0n) is 28.4. The van der Waals surface area contributed by atoms with Gasteiger partial charge in [-0.2, -0.15) is 0 Å². The van der Waals surface area contributed by atoms with E-state index in [9.17, 15) is 14.4 Å². The van der Waals surface area contributed by atoms with Crippen LogP contribution in [0.1, 0.15) is 55.6 Å². The second kappa shape index (κ2) is 14.5. The monoisotopic (exact) mass is 700 g/mol. The second-order valence-corrected chi connectivity index (χ2v) is 14.1. The number of methoxy groups -OCH3 is 1. The minimum atomic E-state index is -0.537. The summed E-state index contributed by atoms with van der Waals surface area (Å²) in [6.07, 6.45) is 9.70. The number of benzene rings is 2. The average Bonchev–Trinajstić information content (AvgIpc) is 3.12. The van der Waals surface area contributed by atoms with Gasteiger partial charge in [-0.15, -0.1) is 0 Å². The molecule has 2 N–H and O–H groups in total. The summed E-state index contributed by atoms with van der Waals surface area (Å²) in [6, 6.07) is 10.9. The normalized spacial score (nSPS) is 19.9. The van der Waals surface area contributed by atoms with E-state index >= 15 is 4.39 Å². The molecule has 3 aliphatic heterocycles. The lowest BCUT2D eigenvalue weighted by molar-refractivity contribution is -0.133. The third-order valence-corrected chi connectivity index (χ3v) is 11.0. The lowest BCUT2D eigenvalue weighted by Gasteiger charge is -2.42. The highest BCUT2D eigenvalue weighted by molar-refractivity contribution is 6.32. The van der Waals surface area contributed by atoms with Gasteiger partial charge in [0.25, 0.3) is 5.56 Å².